The van der Waals surface area contributed by atoms with E-state index in [0.717, 1.165) is 18.4 Å². The molecule has 2 aromatic heterocycles. The molecule has 7 heteroatoms. The van der Waals surface area contributed by atoms with Gasteiger partial charge >= 0.3 is 5.97 Å². The standard InChI is InChI=1S/C13H15N5O2/c19-13(20)8-11(10-1-2-10)18-12(15-16-17-18)7-9-3-5-14-6-4-9/h3-6,10-11H,1-2,7-8H2,(H,19,20). The Morgan fingerprint density at radius 3 is 2.80 bits per heavy atom. The second-order valence-electron chi connectivity index (χ2n) is 5.07. The fraction of sp³-hybridized carbons (Fsp3) is 0.462. The lowest BCUT2D eigenvalue weighted by atomic mass is 10.1. The topological polar surface area (TPSA) is 93.8 Å². The van der Waals surface area contributed by atoms with Crippen LogP contribution in [0.1, 0.15) is 36.7 Å². The Hall–Kier alpha value is -2.31. The molecule has 0 radical (unpaired) electrons. The number of rotatable bonds is 6. The Kier molecular flexibility index (Phi) is 3.41. The highest BCUT2D eigenvalue weighted by Gasteiger charge is 2.36. The average Bonchev–Trinajstić information content (AvgIpc) is 3.18. The van der Waals surface area contributed by atoms with Crippen LogP contribution in [0.2, 0.25) is 0 Å². The molecule has 104 valence electrons. The summed E-state index contributed by atoms with van der Waals surface area (Å²) >= 11 is 0. The molecule has 20 heavy (non-hydrogen) atoms. The van der Waals surface area contributed by atoms with Gasteiger partial charge in [-0.25, -0.2) is 4.68 Å². The first kappa shape index (κ1) is 12.7. The van der Waals surface area contributed by atoms with Crippen molar-refractivity contribution in [2.75, 3.05) is 0 Å². The van der Waals surface area contributed by atoms with Crippen LogP contribution in [0.3, 0.4) is 0 Å². The Morgan fingerprint density at radius 1 is 1.40 bits per heavy atom. The number of carboxylic acid groups (broad SMARTS) is 1. The quantitative estimate of drug-likeness (QED) is 0.846. The van der Waals surface area contributed by atoms with E-state index < -0.39 is 5.97 Å². The molecule has 1 N–H and O–H groups in total. The van der Waals surface area contributed by atoms with Gasteiger partial charge in [0.15, 0.2) is 5.82 Å². The maximum atomic E-state index is 11.0. The first-order valence-corrected chi connectivity index (χ1v) is 6.61. The van der Waals surface area contributed by atoms with E-state index in [1.807, 2.05) is 12.1 Å². The number of tetrazole rings is 1. The number of carboxylic acids is 1. The molecule has 1 aliphatic carbocycles. The summed E-state index contributed by atoms with van der Waals surface area (Å²) in [5.41, 5.74) is 1.06. The third kappa shape index (κ3) is 2.81. The molecular weight excluding hydrogens is 258 g/mol. The third-order valence-corrected chi connectivity index (χ3v) is 3.54. The van der Waals surface area contributed by atoms with E-state index in [1.165, 1.54) is 0 Å². The average molecular weight is 273 g/mol. The largest absolute Gasteiger partial charge is 0.481 e. The summed E-state index contributed by atoms with van der Waals surface area (Å²) in [4.78, 5) is 15.0. The van der Waals surface area contributed by atoms with E-state index in [0.29, 0.717) is 18.2 Å². The van der Waals surface area contributed by atoms with Gasteiger partial charge in [-0.2, -0.15) is 0 Å². The van der Waals surface area contributed by atoms with Gasteiger partial charge in [0.1, 0.15) is 0 Å². The van der Waals surface area contributed by atoms with Gasteiger partial charge in [0.05, 0.1) is 12.5 Å². The summed E-state index contributed by atoms with van der Waals surface area (Å²) in [5, 5.41) is 20.8. The van der Waals surface area contributed by atoms with E-state index in [1.54, 1.807) is 17.1 Å². The molecule has 2 heterocycles. The van der Waals surface area contributed by atoms with Crippen LogP contribution in [0.25, 0.3) is 0 Å². The Morgan fingerprint density at radius 2 is 2.15 bits per heavy atom. The van der Waals surface area contributed by atoms with E-state index >= 15 is 0 Å². The predicted molar refractivity (Wildman–Crippen MR) is 68.9 cm³/mol. The van der Waals surface area contributed by atoms with Crippen molar-refractivity contribution in [1.29, 1.82) is 0 Å². The fourth-order valence-electron chi connectivity index (χ4n) is 2.38. The molecular formula is C13H15N5O2. The maximum Gasteiger partial charge on any atom is 0.305 e. The zero-order chi connectivity index (χ0) is 13.9. The van der Waals surface area contributed by atoms with Gasteiger partial charge in [-0.1, -0.05) is 0 Å². The van der Waals surface area contributed by atoms with E-state index in [4.69, 9.17) is 5.11 Å². The number of pyridine rings is 1. The van der Waals surface area contributed by atoms with Gasteiger partial charge in [-0.15, -0.1) is 5.10 Å². The maximum absolute atomic E-state index is 11.0. The Bertz CT molecular complexity index is 594. The van der Waals surface area contributed by atoms with Crippen LogP contribution in [-0.2, 0) is 11.2 Å². The molecule has 1 aliphatic rings. The zero-order valence-electron chi connectivity index (χ0n) is 10.9. The minimum absolute atomic E-state index is 0.0685. The summed E-state index contributed by atoms with van der Waals surface area (Å²) in [7, 11) is 0. The lowest BCUT2D eigenvalue weighted by molar-refractivity contribution is -0.138. The molecule has 0 amide bonds. The second-order valence-corrected chi connectivity index (χ2v) is 5.07. The smallest absolute Gasteiger partial charge is 0.305 e. The van der Waals surface area contributed by atoms with Crippen molar-refractivity contribution in [2.45, 2.75) is 31.7 Å². The lowest BCUT2D eigenvalue weighted by Gasteiger charge is -2.15. The van der Waals surface area contributed by atoms with Gasteiger partial charge in [0.25, 0.3) is 0 Å². The van der Waals surface area contributed by atoms with E-state index in [-0.39, 0.29) is 12.5 Å². The van der Waals surface area contributed by atoms with Crippen molar-refractivity contribution in [3.8, 4) is 0 Å². The molecule has 0 aliphatic heterocycles. The van der Waals surface area contributed by atoms with E-state index in [2.05, 4.69) is 20.5 Å². The number of carbonyl (C=O) groups is 1. The summed E-state index contributed by atoms with van der Waals surface area (Å²) in [6.07, 6.45) is 6.19. The highest BCUT2D eigenvalue weighted by atomic mass is 16.4. The van der Waals surface area contributed by atoms with Crippen molar-refractivity contribution in [3.05, 3.63) is 35.9 Å². The number of hydrogen-bond donors (Lipinski definition) is 1. The normalized spacial score (nSPS) is 16.0. The Labute approximate surface area is 115 Å². The number of aliphatic carboxylic acids is 1. The molecule has 0 aromatic carbocycles. The van der Waals surface area contributed by atoms with Crippen LogP contribution in [0.4, 0.5) is 0 Å². The minimum Gasteiger partial charge on any atom is -0.481 e. The van der Waals surface area contributed by atoms with Gasteiger partial charge in [-0.05, 0) is 46.9 Å². The molecule has 2 aromatic rings. The molecule has 7 nitrogen and oxygen atoms in total. The van der Waals surface area contributed by atoms with Crippen LogP contribution in [0.15, 0.2) is 24.5 Å². The van der Waals surface area contributed by atoms with Crippen LogP contribution < -0.4 is 0 Å². The second kappa shape index (κ2) is 5.36. The van der Waals surface area contributed by atoms with Gasteiger partial charge in [-0.3, -0.25) is 9.78 Å². The molecule has 3 rings (SSSR count). The molecule has 0 spiro atoms. The lowest BCUT2D eigenvalue weighted by Crippen LogP contribution is -2.19. The van der Waals surface area contributed by atoms with Crippen molar-refractivity contribution >= 4 is 5.97 Å². The van der Waals surface area contributed by atoms with Crippen LogP contribution in [0.5, 0.6) is 0 Å². The van der Waals surface area contributed by atoms with E-state index in [9.17, 15) is 4.79 Å². The van der Waals surface area contributed by atoms with Crippen molar-refractivity contribution < 1.29 is 9.90 Å². The fourth-order valence-corrected chi connectivity index (χ4v) is 2.38. The first-order chi connectivity index (χ1) is 9.74. The number of nitrogens with zero attached hydrogens (tertiary/aromatic N) is 5. The van der Waals surface area contributed by atoms with Gasteiger partial charge < -0.3 is 5.11 Å². The summed E-state index contributed by atoms with van der Waals surface area (Å²) in [5.74, 6) is 0.271. The van der Waals surface area contributed by atoms with Gasteiger partial charge in [0, 0.05) is 18.8 Å². The molecule has 0 saturated heterocycles. The van der Waals surface area contributed by atoms with Crippen molar-refractivity contribution in [3.63, 3.8) is 0 Å². The molecule has 0 bridgehead atoms. The summed E-state index contributed by atoms with van der Waals surface area (Å²) in [6.45, 7) is 0. The Balaban J connectivity index is 1.83. The number of hydrogen-bond acceptors (Lipinski definition) is 5. The van der Waals surface area contributed by atoms with Crippen LogP contribution in [-0.4, -0.2) is 36.3 Å². The summed E-state index contributed by atoms with van der Waals surface area (Å²) in [6, 6.07) is 3.67. The first-order valence-electron chi connectivity index (χ1n) is 6.61. The van der Waals surface area contributed by atoms with Crippen LogP contribution >= 0.6 is 0 Å². The monoisotopic (exact) mass is 273 g/mol. The highest BCUT2D eigenvalue weighted by molar-refractivity contribution is 5.67. The predicted octanol–water partition coefficient (Wildman–Crippen LogP) is 1.08. The molecule has 1 fully saturated rings. The summed E-state index contributed by atoms with van der Waals surface area (Å²) < 4.78 is 1.69. The molecule has 1 atom stereocenters. The van der Waals surface area contributed by atoms with Gasteiger partial charge in [0.2, 0.25) is 0 Å². The van der Waals surface area contributed by atoms with Crippen molar-refractivity contribution in [2.24, 2.45) is 5.92 Å². The third-order valence-electron chi connectivity index (χ3n) is 3.54. The van der Waals surface area contributed by atoms with Crippen molar-refractivity contribution in [1.82, 2.24) is 25.2 Å². The SMILES string of the molecule is O=C(O)CC(C1CC1)n1nnnc1Cc1ccncc1. The zero-order valence-corrected chi connectivity index (χ0v) is 10.9. The van der Waals surface area contributed by atoms with Crippen LogP contribution in [0, 0.1) is 5.92 Å². The number of aromatic nitrogens is 5. The highest BCUT2D eigenvalue weighted by Crippen LogP contribution is 2.41. The minimum atomic E-state index is -0.813. The molecule has 1 saturated carbocycles. The molecule has 1 unspecified atom stereocenters.